The Labute approximate surface area is 43.5 Å². The number of aromatic hydroxyl groups is 1. The average Bonchev–Trinajstić information content (AvgIpc) is 1.80. The third-order valence-electron chi connectivity index (χ3n) is 0.465. The quantitative estimate of drug-likeness (QED) is 0.503. The van der Waals surface area contributed by atoms with E-state index in [0.717, 1.165) is 6.20 Å². The molecule has 36 valence electrons. The maximum atomic E-state index is 8.65. The van der Waals surface area contributed by atoms with Crippen molar-refractivity contribution in [1.29, 1.82) is 0 Å². The van der Waals surface area contributed by atoms with Crippen LogP contribution >= 0.6 is 0 Å². The molecule has 0 aliphatic rings. The van der Waals surface area contributed by atoms with Gasteiger partial charge in [0.1, 0.15) is 7.67 Å². The molecule has 0 atom stereocenters. The molecule has 0 aromatic carbocycles. The number of hydrogen-bond donors (Lipinski definition) is 1. The minimum absolute atomic E-state index is 0.252. The van der Waals surface area contributed by atoms with Crippen LogP contribution < -0.4 is 0 Å². The summed E-state index contributed by atoms with van der Waals surface area (Å²) >= 11 is 0. The van der Waals surface area contributed by atoms with Crippen LogP contribution in [0.2, 0.25) is 0 Å². The van der Waals surface area contributed by atoms with Crippen LogP contribution in [0.25, 0.3) is 0 Å². The number of hydrogen-bond acceptors (Lipinski definition) is 3. The van der Waals surface area contributed by atoms with Crippen molar-refractivity contribution in [3.05, 3.63) is 18.7 Å². The van der Waals surface area contributed by atoms with Gasteiger partial charge in [-0.1, -0.05) is 0 Å². The number of rotatable bonds is 0. The Hall–Kier alpha value is -1.12. The van der Waals surface area contributed by atoms with Gasteiger partial charge in [-0.15, -0.1) is 0 Å². The molecule has 0 amide bonds. The fourth-order valence-electron chi connectivity index (χ4n) is 0.230. The van der Waals surface area contributed by atoms with Gasteiger partial charge in [0, 0.05) is 0 Å². The van der Waals surface area contributed by atoms with Crippen LogP contribution in [0.15, 0.2) is 18.7 Å². The first-order valence-corrected chi connectivity index (χ1v) is 1.69. The van der Waals surface area contributed by atoms with Gasteiger partial charge in [0.15, 0.2) is 5.75 Å². The lowest BCUT2D eigenvalue weighted by Gasteiger charge is -1.81. The van der Waals surface area contributed by atoms with Crippen molar-refractivity contribution >= 4 is 0 Å². The van der Waals surface area contributed by atoms with Crippen LogP contribution in [0.4, 0.5) is 0 Å². The molecular weight excluding hydrogens is 92.1 g/mol. The first-order chi connectivity index (χ1) is 4.20. The van der Waals surface area contributed by atoms with E-state index in [-0.39, 0.29) is 18.2 Å². The largest absolute Gasteiger partial charge is 0.505 e. The summed E-state index contributed by atoms with van der Waals surface area (Å²) in [5.41, 5.74) is 0. The van der Waals surface area contributed by atoms with Gasteiger partial charge in [-0.3, -0.25) is 0 Å². The maximum Gasteiger partial charge on any atom is 0.152 e. The minimum Gasteiger partial charge on any atom is -0.505 e. The van der Waals surface area contributed by atoms with Crippen molar-refractivity contribution in [3.63, 3.8) is 0 Å². The van der Waals surface area contributed by atoms with Gasteiger partial charge < -0.3 is 5.11 Å². The third kappa shape index (κ3) is 0.855. The lowest BCUT2D eigenvalue weighted by Crippen LogP contribution is -1.70. The molecule has 0 aliphatic heterocycles. The van der Waals surface area contributed by atoms with Gasteiger partial charge >= 0.3 is 0 Å². The molecule has 0 saturated heterocycles. The topological polar surface area (TPSA) is 46.0 Å². The fraction of sp³-hybridized carbons (Fsp3) is 0. The lowest BCUT2D eigenvalue weighted by molar-refractivity contribution is 0.469. The van der Waals surface area contributed by atoms with Crippen molar-refractivity contribution in [2.24, 2.45) is 0 Å². The van der Waals surface area contributed by atoms with Crippen molar-refractivity contribution < 1.29 is 7.85 Å². The van der Waals surface area contributed by atoms with E-state index in [0.29, 0.717) is 0 Å². The van der Waals surface area contributed by atoms with Crippen molar-refractivity contribution in [3.8, 4) is 5.75 Å². The summed E-state index contributed by atoms with van der Waals surface area (Å²) in [5, 5.41) is 8.65. The monoisotopic (exact) mass is 98.0 g/mol. The molecule has 0 fully saturated rings. The second-order valence-corrected chi connectivity index (χ2v) is 0.967. The summed E-state index contributed by atoms with van der Waals surface area (Å²) in [7, 11) is 0. The van der Waals surface area contributed by atoms with Crippen LogP contribution in [-0.4, -0.2) is 15.1 Å². The predicted octanol–water partition coefficient (Wildman–Crippen LogP) is 0.182. The summed E-state index contributed by atoms with van der Waals surface area (Å²) in [5.74, 6) is -0.300. The highest BCUT2D eigenvalue weighted by atomic mass is 16.3. The fourth-order valence-corrected chi connectivity index (χ4v) is 0.230. The Morgan fingerprint density at radius 2 is 2.57 bits per heavy atom. The van der Waals surface area contributed by atoms with Gasteiger partial charge in [0.25, 0.3) is 0 Å². The van der Waals surface area contributed by atoms with E-state index in [9.17, 15) is 0 Å². The highest BCUT2D eigenvalue weighted by Gasteiger charge is 1.77. The zero-order valence-electron chi connectivity index (χ0n) is 5.42. The summed E-state index contributed by atoms with van der Waals surface area (Å²) < 4.78 is 13.6. The Morgan fingerprint density at radius 3 is 3.14 bits per heavy atom. The molecule has 7 heavy (non-hydrogen) atoms. The highest BCUT2D eigenvalue weighted by Crippen LogP contribution is 1.96. The van der Waals surface area contributed by atoms with Crippen molar-refractivity contribution in [2.75, 3.05) is 0 Å². The Bertz CT molecular complexity index is 228. The van der Waals surface area contributed by atoms with E-state index in [1.807, 2.05) is 0 Å². The summed E-state index contributed by atoms with van der Waals surface area (Å²) in [6, 6.07) is 0. The van der Waals surface area contributed by atoms with E-state index in [2.05, 4.69) is 9.97 Å². The zero-order valence-corrected chi connectivity index (χ0v) is 3.42. The van der Waals surface area contributed by atoms with Gasteiger partial charge in [0.05, 0.1) is 13.7 Å². The SMILES string of the molecule is [2H]c1ncc(O)c([2H])n1. The van der Waals surface area contributed by atoms with E-state index in [1.165, 1.54) is 0 Å². The molecule has 1 N–H and O–H groups in total. The second kappa shape index (κ2) is 1.55. The van der Waals surface area contributed by atoms with Crippen LogP contribution in [0.1, 0.15) is 2.74 Å². The Morgan fingerprint density at radius 1 is 1.71 bits per heavy atom. The van der Waals surface area contributed by atoms with Gasteiger partial charge in [-0.2, -0.15) is 0 Å². The van der Waals surface area contributed by atoms with Crippen LogP contribution in [0.5, 0.6) is 5.75 Å². The standard InChI is InChI=1S/C4H4N2O/c7-4-1-5-3-6-2-4/h1-3,7H/i1D,3D. The van der Waals surface area contributed by atoms with E-state index < -0.39 is 0 Å². The van der Waals surface area contributed by atoms with E-state index in [1.54, 1.807) is 0 Å². The first-order valence-electron chi connectivity index (χ1n) is 2.69. The van der Waals surface area contributed by atoms with E-state index >= 15 is 0 Å². The van der Waals surface area contributed by atoms with Crippen molar-refractivity contribution in [2.45, 2.75) is 0 Å². The average molecular weight is 98.1 g/mol. The van der Waals surface area contributed by atoms with Crippen LogP contribution in [0.3, 0.4) is 0 Å². The molecule has 1 aromatic rings. The van der Waals surface area contributed by atoms with Gasteiger partial charge in [0.2, 0.25) is 0 Å². The minimum atomic E-state index is -0.310. The third-order valence-corrected chi connectivity index (χ3v) is 0.465. The number of nitrogens with zero attached hydrogens (tertiary/aromatic N) is 2. The molecule has 0 saturated carbocycles. The molecule has 0 spiro atoms. The Balaban J connectivity index is 3.17. The van der Waals surface area contributed by atoms with E-state index in [4.69, 9.17) is 7.85 Å². The van der Waals surface area contributed by atoms with Gasteiger partial charge in [-0.25, -0.2) is 9.97 Å². The zero-order chi connectivity index (χ0) is 6.85. The second-order valence-electron chi connectivity index (χ2n) is 0.967. The molecule has 0 unspecified atom stereocenters. The summed E-state index contributed by atoms with van der Waals surface area (Å²) in [6.45, 7) is 0. The van der Waals surface area contributed by atoms with Gasteiger partial charge in [-0.05, 0) is 0 Å². The molecule has 1 aromatic heterocycles. The molecular formula is C4H4N2O. The summed E-state index contributed by atoms with van der Waals surface area (Å²) in [4.78, 5) is 6.57. The lowest BCUT2D eigenvalue weighted by atomic mass is 10.6. The molecule has 1 heterocycles. The molecule has 0 aliphatic carbocycles. The molecule has 3 heteroatoms. The maximum absolute atomic E-state index is 8.65. The molecule has 0 radical (unpaired) electrons. The molecule has 0 bridgehead atoms. The summed E-state index contributed by atoms with van der Waals surface area (Å²) in [6.07, 6.45) is 0.463. The predicted molar refractivity (Wildman–Crippen MR) is 23.7 cm³/mol. The van der Waals surface area contributed by atoms with Crippen LogP contribution in [-0.2, 0) is 0 Å². The number of aromatic nitrogens is 2. The van der Waals surface area contributed by atoms with Crippen LogP contribution in [0, 0.1) is 0 Å². The molecule has 1 rings (SSSR count). The molecule has 3 nitrogen and oxygen atoms in total. The Kier molecular flexibility index (Phi) is 0.500. The smallest absolute Gasteiger partial charge is 0.152 e. The van der Waals surface area contributed by atoms with Crippen molar-refractivity contribution in [1.82, 2.24) is 9.97 Å². The highest BCUT2D eigenvalue weighted by molar-refractivity contribution is 5.06. The first kappa shape index (κ1) is 2.26. The normalized spacial score (nSPS) is 12.6.